The second-order valence-corrected chi connectivity index (χ2v) is 4.02. The smallest absolute Gasteiger partial charge is 0.296 e. The van der Waals surface area contributed by atoms with Gasteiger partial charge in [-0.15, -0.1) is 0 Å². The van der Waals surface area contributed by atoms with Crippen LogP contribution < -0.4 is 10.3 Å². The van der Waals surface area contributed by atoms with E-state index >= 15 is 0 Å². The van der Waals surface area contributed by atoms with Crippen LogP contribution in [0.25, 0.3) is 0 Å². The molecule has 0 aliphatic carbocycles. The minimum absolute atomic E-state index is 0.109. The SMILES string of the molecule is COc1nc(C(C)(C)C)c(O)c(=O)[nH]1. The van der Waals surface area contributed by atoms with E-state index in [4.69, 9.17) is 4.74 Å². The molecular formula is C9H14N2O3. The molecule has 0 spiro atoms. The lowest BCUT2D eigenvalue weighted by Crippen LogP contribution is -2.20. The zero-order valence-electron chi connectivity index (χ0n) is 8.71. The highest BCUT2D eigenvalue weighted by molar-refractivity contribution is 5.30. The van der Waals surface area contributed by atoms with E-state index < -0.39 is 11.0 Å². The Labute approximate surface area is 81.8 Å². The number of hydrogen-bond donors (Lipinski definition) is 2. The summed E-state index contributed by atoms with van der Waals surface area (Å²) in [5.74, 6) is -0.349. The van der Waals surface area contributed by atoms with Gasteiger partial charge in [0.15, 0.2) is 0 Å². The molecule has 1 aromatic rings. The molecule has 0 amide bonds. The van der Waals surface area contributed by atoms with Crippen molar-refractivity contribution in [3.05, 3.63) is 16.0 Å². The zero-order chi connectivity index (χ0) is 10.9. The predicted octanol–water partition coefficient (Wildman–Crippen LogP) is 0.782. The van der Waals surface area contributed by atoms with Crippen molar-refractivity contribution in [3.63, 3.8) is 0 Å². The number of nitrogens with zero attached hydrogens (tertiary/aromatic N) is 1. The average Bonchev–Trinajstić information content (AvgIpc) is 2.07. The van der Waals surface area contributed by atoms with Crippen LogP contribution in [0.5, 0.6) is 11.8 Å². The number of aromatic nitrogens is 2. The largest absolute Gasteiger partial charge is 0.502 e. The molecule has 14 heavy (non-hydrogen) atoms. The Balaban J connectivity index is 3.43. The first-order valence-electron chi connectivity index (χ1n) is 4.24. The van der Waals surface area contributed by atoms with Gasteiger partial charge in [-0.1, -0.05) is 20.8 Å². The van der Waals surface area contributed by atoms with Crippen LogP contribution in [-0.4, -0.2) is 22.2 Å². The Morgan fingerprint density at radius 2 is 2.00 bits per heavy atom. The fraction of sp³-hybridized carbons (Fsp3) is 0.556. The quantitative estimate of drug-likeness (QED) is 0.699. The molecule has 0 bridgehead atoms. The maximum Gasteiger partial charge on any atom is 0.296 e. The van der Waals surface area contributed by atoms with Gasteiger partial charge in [0.1, 0.15) is 0 Å². The van der Waals surface area contributed by atoms with Crippen molar-refractivity contribution < 1.29 is 9.84 Å². The summed E-state index contributed by atoms with van der Waals surface area (Å²) in [6.45, 7) is 5.57. The van der Waals surface area contributed by atoms with Gasteiger partial charge in [0.05, 0.1) is 12.8 Å². The molecule has 0 radical (unpaired) electrons. The predicted molar refractivity (Wildman–Crippen MR) is 51.8 cm³/mol. The van der Waals surface area contributed by atoms with Gasteiger partial charge in [-0.3, -0.25) is 9.78 Å². The molecular weight excluding hydrogens is 184 g/mol. The number of hydrogen-bond acceptors (Lipinski definition) is 4. The van der Waals surface area contributed by atoms with E-state index in [-0.39, 0.29) is 11.8 Å². The van der Waals surface area contributed by atoms with E-state index in [1.165, 1.54) is 7.11 Å². The Bertz CT molecular complexity index is 390. The number of methoxy groups -OCH3 is 1. The molecule has 1 heterocycles. The lowest BCUT2D eigenvalue weighted by Gasteiger charge is -2.18. The summed E-state index contributed by atoms with van der Waals surface area (Å²) in [6, 6.07) is 0.109. The second-order valence-electron chi connectivity index (χ2n) is 4.02. The van der Waals surface area contributed by atoms with Gasteiger partial charge in [0.2, 0.25) is 5.75 Å². The van der Waals surface area contributed by atoms with E-state index in [0.29, 0.717) is 5.69 Å². The van der Waals surface area contributed by atoms with Crippen LogP contribution in [0, 0.1) is 0 Å². The lowest BCUT2D eigenvalue weighted by atomic mass is 9.91. The molecule has 0 saturated heterocycles. The van der Waals surface area contributed by atoms with Crippen molar-refractivity contribution in [1.82, 2.24) is 9.97 Å². The molecule has 0 aliphatic heterocycles. The summed E-state index contributed by atoms with van der Waals surface area (Å²) in [5.41, 5.74) is -0.647. The highest BCUT2D eigenvalue weighted by Crippen LogP contribution is 2.26. The van der Waals surface area contributed by atoms with E-state index in [2.05, 4.69) is 9.97 Å². The van der Waals surface area contributed by atoms with E-state index in [0.717, 1.165) is 0 Å². The summed E-state index contributed by atoms with van der Waals surface area (Å²) in [6.07, 6.45) is 0. The highest BCUT2D eigenvalue weighted by Gasteiger charge is 2.23. The molecule has 2 N–H and O–H groups in total. The molecule has 5 nitrogen and oxygen atoms in total. The highest BCUT2D eigenvalue weighted by atomic mass is 16.5. The van der Waals surface area contributed by atoms with Gasteiger partial charge in [-0.05, 0) is 0 Å². The molecule has 1 rings (SSSR count). The summed E-state index contributed by atoms with van der Waals surface area (Å²) in [4.78, 5) is 17.5. The molecule has 0 fully saturated rings. The van der Waals surface area contributed by atoms with Gasteiger partial charge < -0.3 is 9.84 Å². The Kier molecular flexibility index (Phi) is 2.51. The topological polar surface area (TPSA) is 75.2 Å². The second kappa shape index (κ2) is 3.32. The molecule has 0 atom stereocenters. The fourth-order valence-corrected chi connectivity index (χ4v) is 1.07. The molecule has 0 saturated carbocycles. The summed E-state index contributed by atoms with van der Waals surface area (Å²) >= 11 is 0. The molecule has 0 aromatic carbocycles. The van der Waals surface area contributed by atoms with Crippen LogP contribution in [0.1, 0.15) is 26.5 Å². The van der Waals surface area contributed by atoms with Crippen molar-refractivity contribution in [3.8, 4) is 11.8 Å². The Morgan fingerprint density at radius 3 is 2.43 bits per heavy atom. The fourth-order valence-electron chi connectivity index (χ4n) is 1.07. The van der Waals surface area contributed by atoms with Crippen molar-refractivity contribution >= 4 is 0 Å². The Morgan fingerprint density at radius 1 is 1.43 bits per heavy atom. The van der Waals surface area contributed by atoms with Crippen LogP contribution >= 0.6 is 0 Å². The lowest BCUT2D eigenvalue weighted by molar-refractivity contribution is 0.359. The standard InChI is InChI=1S/C9H14N2O3/c1-9(2,3)6-5(12)7(13)11-8(10-6)14-4/h12H,1-4H3,(H,10,11,13). The van der Waals surface area contributed by atoms with Gasteiger partial charge >= 0.3 is 0 Å². The van der Waals surface area contributed by atoms with Crippen LogP contribution in [0.2, 0.25) is 0 Å². The van der Waals surface area contributed by atoms with Crippen molar-refractivity contribution in [2.75, 3.05) is 7.11 Å². The van der Waals surface area contributed by atoms with Crippen molar-refractivity contribution in [1.29, 1.82) is 0 Å². The number of rotatable bonds is 1. The zero-order valence-corrected chi connectivity index (χ0v) is 8.71. The molecule has 78 valence electrons. The molecule has 0 unspecified atom stereocenters. The first-order chi connectivity index (χ1) is 6.36. The van der Waals surface area contributed by atoms with Crippen LogP contribution in [-0.2, 0) is 5.41 Å². The summed E-state index contributed by atoms with van der Waals surface area (Å²) in [5, 5.41) is 9.49. The van der Waals surface area contributed by atoms with E-state index in [1.54, 1.807) is 0 Å². The van der Waals surface area contributed by atoms with Gasteiger partial charge in [-0.25, -0.2) is 0 Å². The van der Waals surface area contributed by atoms with Crippen LogP contribution in [0.15, 0.2) is 4.79 Å². The molecule has 1 aromatic heterocycles. The summed E-state index contributed by atoms with van der Waals surface area (Å²) in [7, 11) is 1.40. The number of aromatic hydroxyl groups is 1. The molecule has 0 aliphatic rings. The molecule has 5 heteroatoms. The minimum atomic E-state index is -0.582. The monoisotopic (exact) mass is 198 g/mol. The normalized spacial score (nSPS) is 11.4. The number of nitrogens with one attached hydrogen (secondary N) is 1. The first kappa shape index (κ1) is 10.6. The average molecular weight is 198 g/mol. The third-order valence-electron chi connectivity index (χ3n) is 1.78. The summed E-state index contributed by atoms with van der Waals surface area (Å²) < 4.78 is 4.81. The maximum absolute atomic E-state index is 11.2. The van der Waals surface area contributed by atoms with Crippen LogP contribution in [0.4, 0.5) is 0 Å². The first-order valence-corrected chi connectivity index (χ1v) is 4.24. The van der Waals surface area contributed by atoms with Crippen molar-refractivity contribution in [2.24, 2.45) is 0 Å². The third-order valence-corrected chi connectivity index (χ3v) is 1.78. The van der Waals surface area contributed by atoms with E-state index in [9.17, 15) is 9.90 Å². The van der Waals surface area contributed by atoms with Gasteiger partial charge in [-0.2, -0.15) is 4.98 Å². The maximum atomic E-state index is 11.2. The minimum Gasteiger partial charge on any atom is -0.502 e. The van der Waals surface area contributed by atoms with Crippen LogP contribution in [0.3, 0.4) is 0 Å². The Hall–Kier alpha value is -1.52. The number of ether oxygens (including phenoxy) is 1. The van der Waals surface area contributed by atoms with Gasteiger partial charge in [0, 0.05) is 5.41 Å². The number of H-pyrrole nitrogens is 1. The number of aromatic amines is 1. The van der Waals surface area contributed by atoms with Gasteiger partial charge in [0.25, 0.3) is 11.6 Å². The third kappa shape index (κ3) is 1.86. The van der Waals surface area contributed by atoms with Crippen molar-refractivity contribution in [2.45, 2.75) is 26.2 Å². The van der Waals surface area contributed by atoms with E-state index in [1.807, 2.05) is 20.8 Å².